The maximum Gasteiger partial charge on any atom is 0.231 e. The Hall–Kier alpha value is -1.26. The average molecular weight is 285 g/mol. The lowest BCUT2D eigenvalue weighted by molar-refractivity contribution is -0.123. The van der Waals surface area contributed by atoms with Crippen molar-refractivity contribution in [2.24, 2.45) is 11.1 Å². The predicted molar refractivity (Wildman–Crippen MR) is 78.7 cm³/mol. The molecular formula is C14H21ClN2O2. The van der Waals surface area contributed by atoms with E-state index in [9.17, 15) is 4.79 Å². The minimum Gasteiger partial charge on any atom is -0.491 e. The van der Waals surface area contributed by atoms with Crippen LogP contribution in [0, 0.1) is 5.41 Å². The Labute approximate surface area is 119 Å². The van der Waals surface area contributed by atoms with Gasteiger partial charge in [-0.25, -0.2) is 0 Å². The van der Waals surface area contributed by atoms with Crippen LogP contribution in [0.4, 0.5) is 5.69 Å². The summed E-state index contributed by atoms with van der Waals surface area (Å²) in [7, 11) is 0. The molecule has 0 aliphatic heterocycles. The van der Waals surface area contributed by atoms with E-state index in [0.717, 1.165) is 6.42 Å². The molecular weight excluding hydrogens is 264 g/mol. The van der Waals surface area contributed by atoms with Gasteiger partial charge in [0.15, 0.2) is 0 Å². The van der Waals surface area contributed by atoms with E-state index in [2.05, 4.69) is 5.32 Å². The molecule has 0 fully saturated rings. The highest BCUT2D eigenvalue weighted by molar-refractivity contribution is 6.31. The van der Waals surface area contributed by atoms with Gasteiger partial charge in [0.25, 0.3) is 0 Å². The van der Waals surface area contributed by atoms with Gasteiger partial charge in [0.1, 0.15) is 5.75 Å². The molecule has 1 amide bonds. The summed E-state index contributed by atoms with van der Waals surface area (Å²) < 4.78 is 5.58. The summed E-state index contributed by atoms with van der Waals surface area (Å²) in [6.07, 6.45) is 0.893. The third-order valence-corrected chi connectivity index (χ3v) is 3.01. The molecule has 0 aromatic heterocycles. The zero-order valence-corrected chi connectivity index (χ0v) is 12.4. The molecule has 1 aromatic carbocycles. The highest BCUT2D eigenvalue weighted by Crippen LogP contribution is 2.29. The summed E-state index contributed by atoms with van der Waals surface area (Å²) in [6.45, 7) is 6.46. The minimum atomic E-state index is -0.635. The molecule has 19 heavy (non-hydrogen) atoms. The fourth-order valence-electron chi connectivity index (χ4n) is 1.32. The van der Waals surface area contributed by atoms with Crippen LogP contribution >= 0.6 is 11.6 Å². The summed E-state index contributed by atoms with van der Waals surface area (Å²) in [4.78, 5) is 12.1. The van der Waals surface area contributed by atoms with Crippen LogP contribution in [0.2, 0.25) is 5.02 Å². The van der Waals surface area contributed by atoms with Crippen LogP contribution in [-0.2, 0) is 4.79 Å². The molecule has 0 saturated heterocycles. The second-order valence-corrected chi connectivity index (χ2v) is 5.47. The summed E-state index contributed by atoms with van der Waals surface area (Å²) in [5, 5.41) is 3.37. The fraction of sp³-hybridized carbons (Fsp3) is 0.500. The average Bonchev–Trinajstić information content (AvgIpc) is 2.37. The second-order valence-electron chi connectivity index (χ2n) is 5.03. The summed E-state index contributed by atoms with van der Waals surface area (Å²) >= 11 is 5.95. The summed E-state index contributed by atoms with van der Waals surface area (Å²) in [5.41, 5.74) is 5.53. The molecule has 0 radical (unpaired) electrons. The van der Waals surface area contributed by atoms with Gasteiger partial charge in [0.2, 0.25) is 5.91 Å². The van der Waals surface area contributed by atoms with E-state index in [0.29, 0.717) is 23.1 Å². The molecule has 106 valence electrons. The molecule has 1 rings (SSSR count). The van der Waals surface area contributed by atoms with Crippen LogP contribution in [0.15, 0.2) is 18.2 Å². The molecule has 0 saturated carbocycles. The number of hydrogen-bond donors (Lipinski definition) is 2. The quantitative estimate of drug-likeness (QED) is 0.844. The van der Waals surface area contributed by atoms with Crippen molar-refractivity contribution in [3.63, 3.8) is 0 Å². The van der Waals surface area contributed by atoms with E-state index in [4.69, 9.17) is 22.1 Å². The number of nitrogens with one attached hydrogen (secondary N) is 1. The molecule has 1 aromatic rings. The van der Waals surface area contributed by atoms with Crippen molar-refractivity contribution in [3.05, 3.63) is 23.2 Å². The molecule has 0 atom stereocenters. The van der Waals surface area contributed by atoms with Crippen LogP contribution in [0.3, 0.4) is 0 Å². The molecule has 0 aliphatic carbocycles. The topological polar surface area (TPSA) is 64.3 Å². The predicted octanol–water partition coefficient (Wildman–Crippen LogP) is 3.05. The molecule has 3 N–H and O–H groups in total. The smallest absolute Gasteiger partial charge is 0.231 e. The van der Waals surface area contributed by atoms with Gasteiger partial charge in [0, 0.05) is 11.6 Å². The highest BCUT2D eigenvalue weighted by atomic mass is 35.5. The van der Waals surface area contributed by atoms with Gasteiger partial charge < -0.3 is 15.8 Å². The zero-order valence-electron chi connectivity index (χ0n) is 11.6. The molecule has 0 aliphatic rings. The normalized spacial score (nSPS) is 11.2. The number of hydrogen-bond acceptors (Lipinski definition) is 3. The molecule has 4 nitrogen and oxygen atoms in total. The number of rotatable bonds is 6. The fourth-order valence-corrected chi connectivity index (χ4v) is 1.49. The van der Waals surface area contributed by atoms with Crippen LogP contribution in [0.1, 0.15) is 27.2 Å². The molecule has 0 heterocycles. The lowest BCUT2D eigenvalue weighted by Crippen LogP contribution is -2.37. The molecule has 0 unspecified atom stereocenters. The van der Waals surface area contributed by atoms with Gasteiger partial charge >= 0.3 is 0 Å². The third kappa shape index (κ3) is 4.40. The van der Waals surface area contributed by atoms with Crippen molar-refractivity contribution < 1.29 is 9.53 Å². The van der Waals surface area contributed by atoms with Gasteiger partial charge in [0.05, 0.1) is 17.7 Å². The van der Waals surface area contributed by atoms with Crippen LogP contribution in [0.25, 0.3) is 0 Å². The first-order chi connectivity index (χ1) is 8.90. The SMILES string of the molecule is CCCOc1ccc(Cl)cc1NC(=O)C(C)(C)CN. The van der Waals surface area contributed by atoms with Crippen LogP contribution < -0.4 is 15.8 Å². The maximum atomic E-state index is 12.1. The lowest BCUT2D eigenvalue weighted by atomic mass is 9.92. The first kappa shape index (κ1) is 15.8. The van der Waals surface area contributed by atoms with E-state index in [1.54, 1.807) is 32.0 Å². The Morgan fingerprint density at radius 2 is 2.16 bits per heavy atom. The van der Waals surface area contributed by atoms with Crippen LogP contribution in [-0.4, -0.2) is 19.1 Å². The van der Waals surface area contributed by atoms with Crippen molar-refractivity contribution in [1.82, 2.24) is 0 Å². The van der Waals surface area contributed by atoms with Crippen molar-refractivity contribution in [2.75, 3.05) is 18.5 Å². The lowest BCUT2D eigenvalue weighted by Gasteiger charge is -2.22. The largest absolute Gasteiger partial charge is 0.491 e. The number of nitrogens with two attached hydrogens (primary N) is 1. The van der Waals surface area contributed by atoms with Crippen molar-refractivity contribution >= 4 is 23.2 Å². The molecule has 5 heteroatoms. The molecule has 0 spiro atoms. The van der Waals surface area contributed by atoms with Gasteiger partial charge in [-0.05, 0) is 38.5 Å². The number of benzene rings is 1. The van der Waals surface area contributed by atoms with Gasteiger partial charge in [-0.1, -0.05) is 18.5 Å². The summed E-state index contributed by atoms with van der Waals surface area (Å²) in [6, 6.07) is 5.16. The Kier molecular flexibility index (Phi) is 5.63. The Bertz CT molecular complexity index is 447. The third-order valence-electron chi connectivity index (χ3n) is 2.78. The number of amides is 1. The minimum absolute atomic E-state index is 0.154. The number of carbonyl (C=O) groups excluding carboxylic acids is 1. The Balaban J connectivity index is 2.92. The van der Waals surface area contributed by atoms with Crippen molar-refractivity contribution in [3.8, 4) is 5.75 Å². The van der Waals surface area contributed by atoms with E-state index in [1.807, 2.05) is 6.92 Å². The van der Waals surface area contributed by atoms with Crippen molar-refractivity contribution in [2.45, 2.75) is 27.2 Å². The monoisotopic (exact) mass is 284 g/mol. The Morgan fingerprint density at radius 3 is 2.74 bits per heavy atom. The number of anilines is 1. The Morgan fingerprint density at radius 1 is 1.47 bits per heavy atom. The number of ether oxygens (including phenoxy) is 1. The van der Waals surface area contributed by atoms with E-state index >= 15 is 0 Å². The van der Waals surface area contributed by atoms with E-state index in [1.165, 1.54) is 0 Å². The number of carbonyl (C=O) groups is 1. The van der Waals surface area contributed by atoms with Crippen LogP contribution in [0.5, 0.6) is 5.75 Å². The van der Waals surface area contributed by atoms with Gasteiger partial charge in [-0.2, -0.15) is 0 Å². The standard InChI is InChI=1S/C14H21ClN2O2/c1-4-7-19-12-6-5-10(15)8-11(12)17-13(18)14(2,3)9-16/h5-6,8H,4,7,9,16H2,1-3H3,(H,17,18). The van der Waals surface area contributed by atoms with E-state index in [-0.39, 0.29) is 12.5 Å². The van der Waals surface area contributed by atoms with E-state index < -0.39 is 5.41 Å². The first-order valence-electron chi connectivity index (χ1n) is 6.34. The maximum absolute atomic E-state index is 12.1. The molecule has 0 bridgehead atoms. The van der Waals surface area contributed by atoms with Gasteiger partial charge in [-0.3, -0.25) is 4.79 Å². The second kappa shape index (κ2) is 6.78. The van der Waals surface area contributed by atoms with Gasteiger partial charge in [-0.15, -0.1) is 0 Å². The zero-order chi connectivity index (χ0) is 14.5. The number of halogens is 1. The van der Waals surface area contributed by atoms with Crippen molar-refractivity contribution in [1.29, 1.82) is 0 Å². The summed E-state index contributed by atoms with van der Waals surface area (Å²) in [5.74, 6) is 0.464. The first-order valence-corrected chi connectivity index (χ1v) is 6.72. The highest BCUT2D eigenvalue weighted by Gasteiger charge is 2.26.